The van der Waals surface area contributed by atoms with Crippen molar-refractivity contribution in [2.45, 2.75) is 238 Å². The Balaban J connectivity index is 1.79. The van der Waals surface area contributed by atoms with E-state index in [0.29, 0.717) is 12.8 Å². The summed E-state index contributed by atoms with van der Waals surface area (Å²) < 4.78 is 56.8. The number of hydrogen-bond acceptors (Lipinski definition) is 15. The van der Waals surface area contributed by atoms with Gasteiger partial charge in [-0.15, -0.1) is 0 Å². The van der Waals surface area contributed by atoms with Crippen LogP contribution in [0, 0.1) is 11.8 Å². The quantitative estimate of drug-likeness (QED) is 0.0231. The van der Waals surface area contributed by atoms with Crippen LogP contribution in [0.25, 0.3) is 0 Å². The van der Waals surface area contributed by atoms with Crippen molar-refractivity contribution in [1.82, 2.24) is 9.55 Å². The molecule has 1 aliphatic heterocycles. The van der Waals surface area contributed by atoms with Crippen LogP contribution < -0.4 is 11.4 Å². The predicted octanol–water partition coefficient (Wildman–Crippen LogP) is 10.4. The third-order valence-corrected chi connectivity index (χ3v) is 14.6. The van der Waals surface area contributed by atoms with Crippen molar-refractivity contribution in [3.8, 4) is 0 Å². The van der Waals surface area contributed by atoms with Gasteiger partial charge >= 0.3 is 33.3 Å². The Kier molecular flexibility index (Phi) is 32.6. The van der Waals surface area contributed by atoms with Crippen LogP contribution in [-0.2, 0) is 46.3 Å². The number of nitrogens with zero attached hydrogens (tertiary/aromatic N) is 2. The Morgan fingerprint density at radius 1 is 0.662 bits per heavy atom. The molecule has 18 nitrogen and oxygen atoms in total. The van der Waals surface area contributed by atoms with Gasteiger partial charge in [0, 0.05) is 19.0 Å². The average Bonchev–Trinajstić information content (AvgIpc) is 3.55. The summed E-state index contributed by atoms with van der Waals surface area (Å²) in [7, 11) is -10.8. The number of aliphatic hydroxyl groups is 2. The number of phosphoric acid groups is 2. The Bertz CT molecular complexity index is 1670. The second-order valence-electron chi connectivity index (χ2n) is 19.3. The molecule has 0 bridgehead atoms. The van der Waals surface area contributed by atoms with Crippen molar-refractivity contribution in [2.24, 2.45) is 11.8 Å². The van der Waals surface area contributed by atoms with Gasteiger partial charge in [-0.2, -0.15) is 9.29 Å². The minimum absolute atomic E-state index is 0.0565. The number of rotatable bonds is 42. The summed E-state index contributed by atoms with van der Waals surface area (Å²) in [4.78, 5) is 61.9. The van der Waals surface area contributed by atoms with E-state index >= 15 is 0 Å². The molecule has 68 heavy (non-hydrogen) atoms. The number of aromatic nitrogens is 2. The topological polar surface area (TPSA) is 265 Å². The highest BCUT2D eigenvalue weighted by atomic mass is 31.3. The second kappa shape index (κ2) is 35.8. The van der Waals surface area contributed by atoms with Gasteiger partial charge < -0.3 is 39.9 Å². The van der Waals surface area contributed by atoms with E-state index in [2.05, 4.69) is 37.0 Å². The molecule has 396 valence electrons. The third kappa shape index (κ3) is 29.8. The van der Waals surface area contributed by atoms with E-state index in [1.165, 1.54) is 115 Å². The van der Waals surface area contributed by atoms with Crippen molar-refractivity contribution < 1.29 is 66.3 Å². The maximum Gasteiger partial charge on any atom is 0.481 e. The first-order chi connectivity index (χ1) is 32.4. The monoisotopic (exact) mass is 1010 g/mol. The maximum absolute atomic E-state index is 12.9. The van der Waals surface area contributed by atoms with E-state index in [1.807, 2.05) is 0 Å². The van der Waals surface area contributed by atoms with Gasteiger partial charge in [0.25, 0.3) is 0 Å². The molecule has 1 aliphatic rings. The van der Waals surface area contributed by atoms with Gasteiger partial charge in [-0.05, 0) is 30.7 Å². The van der Waals surface area contributed by atoms with Crippen LogP contribution in [0.1, 0.15) is 214 Å². The molecule has 0 amide bonds. The lowest BCUT2D eigenvalue weighted by Gasteiger charge is -2.21. The average molecular weight is 1010 g/mol. The van der Waals surface area contributed by atoms with Crippen LogP contribution in [0.5, 0.6) is 0 Å². The molecule has 3 unspecified atom stereocenters. The number of nitrogen functional groups attached to an aromatic ring is 1. The van der Waals surface area contributed by atoms with Crippen LogP contribution in [0.3, 0.4) is 0 Å². The number of carbonyl (C=O) groups excluding carboxylic acids is 2. The number of anilines is 1. The van der Waals surface area contributed by atoms with Crippen molar-refractivity contribution >= 4 is 33.4 Å². The maximum atomic E-state index is 12.9. The standard InChI is InChI=1S/C48H89N3O15P2/c1-38(2)29-25-21-17-13-9-6-5-7-11-16-20-24-28-32-44(53)64-40(35-61-43(52)31-27-23-19-15-12-8-10-14-18-22-26-30-39(3)4)36-62-67(57,58)66-68(59,60)63-37-41-45(54)46(55)47(65-41)51-34-33-42(49)50-48(51)56/h33-34,38-41,45-47,54-55H,5-32,35-37H2,1-4H3,(H,57,58)(H,59,60)(H2,49,50,56)/t40-,41-,45+,46?,47-/m1/s1. The van der Waals surface area contributed by atoms with Crippen molar-refractivity contribution in [2.75, 3.05) is 25.6 Å². The molecule has 20 heteroatoms. The van der Waals surface area contributed by atoms with E-state index in [1.54, 1.807) is 0 Å². The molecule has 0 aliphatic carbocycles. The normalized spacial score (nSPS) is 19.6. The van der Waals surface area contributed by atoms with Crippen LogP contribution >= 0.6 is 15.6 Å². The number of nitrogens with two attached hydrogens (primary N) is 1. The van der Waals surface area contributed by atoms with Gasteiger partial charge in [0.2, 0.25) is 0 Å². The first-order valence-corrected chi connectivity index (χ1v) is 28.8. The predicted molar refractivity (Wildman–Crippen MR) is 261 cm³/mol. The molecule has 0 saturated carbocycles. The first kappa shape index (κ1) is 61.9. The van der Waals surface area contributed by atoms with Gasteiger partial charge in [0.15, 0.2) is 12.3 Å². The zero-order valence-corrected chi connectivity index (χ0v) is 43.6. The Hall–Kier alpha value is -2.24. The minimum Gasteiger partial charge on any atom is -0.462 e. The van der Waals surface area contributed by atoms with E-state index in [0.717, 1.165) is 67.8 Å². The SMILES string of the molecule is CC(C)CCCCCCCCCCCCCCCC(=O)O[C@H](COC(=O)CCCCCCCCCCCCCC(C)C)COP(=O)(O)OP(=O)(O)OC[C@H]1O[C@@H](n2ccc(N)nc2=O)C(O)[C@H]1O. The number of aliphatic hydroxyl groups excluding tert-OH is 2. The summed E-state index contributed by atoms with van der Waals surface area (Å²) in [6.07, 6.45) is 23.4. The van der Waals surface area contributed by atoms with E-state index in [4.69, 9.17) is 29.0 Å². The first-order valence-electron chi connectivity index (χ1n) is 25.8. The van der Waals surface area contributed by atoms with E-state index in [9.17, 15) is 43.5 Å². The largest absolute Gasteiger partial charge is 0.481 e. The van der Waals surface area contributed by atoms with Gasteiger partial charge in [-0.1, -0.05) is 182 Å². The van der Waals surface area contributed by atoms with Crippen LogP contribution in [0.15, 0.2) is 17.1 Å². The molecule has 1 saturated heterocycles. The van der Waals surface area contributed by atoms with Crippen LogP contribution in [-0.4, -0.2) is 85.7 Å². The lowest BCUT2D eigenvalue weighted by atomic mass is 10.0. The van der Waals surface area contributed by atoms with Gasteiger partial charge in [-0.3, -0.25) is 23.2 Å². The van der Waals surface area contributed by atoms with Gasteiger partial charge in [0.05, 0.1) is 13.2 Å². The zero-order chi connectivity index (χ0) is 50.2. The molecule has 0 spiro atoms. The van der Waals surface area contributed by atoms with E-state index in [-0.39, 0.29) is 18.7 Å². The number of carbonyl (C=O) groups is 2. The third-order valence-electron chi connectivity index (χ3n) is 12.0. The second-order valence-corrected chi connectivity index (χ2v) is 22.4. The molecule has 1 aromatic rings. The summed E-state index contributed by atoms with van der Waals surface area (Å²) in [5.74, 6) is 0.274. The number of hydrogen-bond donors (Lipinski definition) is 5. The Labute approximate surface area is 406 Å². The molecule has 1 fully saturated rings. The lowest BCUT2D eigenvalue weighted by molar-refractivity contribution is -0.161. The molecule has 0 aromatic carbocycles. The fourth-order valence-corrected chi connectivity index (χ4v) is 10.1. The van der Waals surface area contributed by atoms with Crippen molar-refractivity contribution in [3.63, 3.8) is 0 Å². The summed E-state index contributed by atoms with van der Waals surface area (Å²) in [5.41, 5.74) is 4.59. The highest BCUT2D eigenvalue weighted by molar-refractivity contribution is 7.61. The highest BCUT2D eigenvalue weighted by Crippen LogP contribution is 2.60. The molecule has 7 atom stereocenters. The van der Waals surface area contributed by atoms with E-state index < -0.39 is 83.7 Å². The molecule has 6 N–H and O–H groups in total. The Morgan fingerprint density at radius 2 is 1.09 bits per heavy atom. The number of esters is 2. The number of ether oxygens (including phenoxy) is 3. The summed E-state index contributed by atoms with van der Waals surface area (Å²) in [5, 5.41) is 20.9. The minimum atomic E-state index is -5.42. The van der Waals surface area contributed by atoms with Gasteiger partial charge in [0.1, 0.15) is 30.7 Å². The van der Waals surface area contributed by atoms with Crippen molar-refractivity contribution in [1.29, 1.82) is 0 Å². The number of unbranched alkanes of at least 4 members (excludes halogenated alkanes) is 22. The summed E-state index contributed by atoms with van der Waals surface area (Å²) in [6, 6.07) is 1.25. The van der Waals surface area contributed by atoms with Gasteiger partial charge in [-0.25, -0.2) is 13.9 Å². The molecular formula is C48H89N3O15P2. The van der Waals surface area contributed by atoms with Crippen LogP contribution in [0.4, 0.5) is 5.82 Å². The summed E-state index contributed by atoms with van der Waals surface area (Å²) >= 11 is 0. The zero-order valence-electron chi connectivity index (χ0n) is 41.8. The molecule has 2 heterocycles. The fourth-order valence-electron chi connectivity index (χ4n) is 8.04. The molecule has 0 radical (unpaired) electrons. The fraction of sp³-hybridized carbons (Fsp3) is 0.875. The molecule has 1 aromatic heterocycles. The Morgan fingerprint density at radius 3 is 1.54 bits per heavy atom. The molecular weight excluding hydrogens is 920 g/mol. The lowest BCUT2D eigenvalue weighted by Crippen LogP contribution is -2.36. The van der Waals surface area contributed by atoms with Crippen molar-refractivity contribution in [3.05, 3.63) is 22.7 Å². The molecule has 2 rings (SSSR count). The smallest absolute Gasteiger partial charge is 0.462 e. The highest BCUT2D eigenvalue weighted by Gasteiger charge is 2.46. The number of phosphoric ester groups is 2. The summed E-state index contributed by atoms with van der Waals surface area (Å²) in [6.45, 7) is 6.79. The van der Waals surface area contributed by atoms with Crippen LogP contribution in [0.2, 0.25) is 0 Å².